The Morgan fingerprint density at radius 3 is 2.18 bits per heavy atom. The zero-order valence-electron chi connectivity index (χ0n) is 15.0. The Morgan fingerprint density at radius 1 is 0.643 bits per heavy atom. The Kier molecular flexibility index (Phi) is 3.17. The highest BCUT2D eigenvalue weighted by atomic mass is 16.3. The predicted octanol–water partition coefficient (Wildman–Crippen LogP) is 6.59. The molecule has 3 heteroatoms. The number of hydrogen-bond acceptors (Lipinski definition) is 2. The summed E-state index contributed by atoms with van der Waals surface area (Å²) in [4.78, 5) is 5.05. The molecule has 0 saturated heterocycles. The van der Waals surface area contributed by atoms with Crippen LogP contribution in [0.1, 0.15) is 0 Å². The highest BCUT2D eigenvalue weighted by Crippen LogP contribution is 2.36. The van der Waals surface area contributed by atoms with Gasteiger partial charge in [0, 0.05) is 22.0 Å². The summed E-state index contributed by atoms with van der Waals surface area (Å²) < 4.78 is 8.44. The normalized spacial score (nSPS) is 11.6. The molecule has 0 fully saturated rings. The second-order valence-corrected chi connectivity index (χ2v) is 6.88. The van der Waals surface area contributed by atoms with Crippen LogP contribution in [0.25, 0.3) is 50.0 Å². The van der Waals surface area contributed by atoms with Gasteiger partial charge in [0.25, 0.3) is 0 Å². The molecule has 3 nitrogen and oxygen atoms in total. The summed E-state index contributed by atoms with van der Waals surface area (Å²) in [7, 11) is 0. The van der Waals surface area contributed by atoms with Crippen molar-refractivity contribution < 1.29 is 4.42 Å². The Balaban J connectivity index is 1.77. The van der Waals surface area contributed by atoms with Gasteiger partial charge in [-0.05, 0) is 30.3 Å². The zero-order valence-corrected chi connectivity index (χ0v) is 15.0. The van der Waals surface area contributed by atoms with Crippen molar-refractivity contribution in [2.24, 2.45) is 0 Å². The highest BCUT2D eigenvalue weighted by molar-refractivity contribution is 6.14. The van der Waals surface area contributed by atoms with Crippen molar-refractivity contribution in [3.8, 4) is 17.1 Å². The molecule has 0 amide bonds. The van der Waals surface area contributed by atoms with Gasteiger partial charge in [0.1, 0.15) is 16.9 Å². The van der Waals surface area contributed by atoms with Gasteiger partial charge in [0.05, 0.1) is 5.52 Å². The first-order valence-electron chi connectivity index (χ1n) is 9.34. The lowest BCUT2D eigenvalue weighted by Crippen LogP contribution is -1.96. The minimum absolute atomic E-state index is 0.838. The Morgan fingerprint density at radius 2 is 1.36 bits per heavy atom. The van der Waals surface area contributed by atoms with Crippen molar-refractivity contribution in [2.75, 3.05) is 0 Å². The minimum atomic E-state index is 0.838. The molecule has 0 aliphatic rings. The molecule has 132 valence electrons. The van der Waals surface area contributed by atoms with Gasteiger partial charge in [-0.25, -0.2) is 4.98 Å². The molecule has 6 aromatic rings. The van der Waals surface area contributed by atoms with E-state index in [4.69, 9.17) is 9.40 Å². The second-order valence-electron chi connectivity index (χ2n) is 6.88. The predicted molar refractivity (Wildman–Crippen MR) is 114 cm³/mol. The van der Waals surface area contributed by atoms with Crippen molar-refractivity contribution in [1.29, 1.82) is 0 Å². The van der Waals surface area contributed by atoms with Gasteiger partial charge in [0.2, 0.25) is 0 Å². The monoisotopic (exact) mass is 360 g/mol. The summed E-state index contributed by atoms with van der Waals surface area (Å²) in [5, 5.41) is 2.22. The molecule has 0 bridgehead atoms. The third kappa shape index (κ3) is 2.13. The molecule has 0 radical (unpaired) electrons. The number of benzene rings is 4. The van der Waals surface area contributed by atoms with Crippen LogP contribution in [-0.2, 0) is 0 Å². The molecule has 0 aliphatic heterocycles. The number of fused-ring (bicyclic) bond motifs is 5. The van der Waals surface area contributed by atoms with E-state index in [9.17, 15) is 0 Å². The van der Waals surface area contributed by atoms with Gasteiger partial charge in [-0.15, -0.1) is 0 Å². The second kappa shape index (κ2) is 5.83. The number of imidazole rings is 1. The Labute approximate surface area is 161 Å². The minimum Gasteiger partial charge on any atom is -0.454 e. The van der Waals surface area contributed by atoms with E-state index in [1.807, 2.05) is 42.5 Å². The molecule has 0 saturated carbocycles. The van der Waals surface area contributed by atoms with Gasteiger partial charge >= 0.3 is 0 Å². The maximum Gasteiger partial charge on any atom is 0.163 e. The molecule has 0 unspecified atom stereocenters. The maximum atomic E-state index is 6.23. The SMILES string of the molecule is c1ccc(-c2nc3c4oc5ccccc5c4ccc3n2-c2ccccc2)cc1. The van der Waals surface area contributed by atoms with Crippen molar-refractivity contribution in [1.82, 2.24) is 9.55 Å². The van der Waals surface area contributed by atoms with E-state index in [0.29, 0.717) is 0 Å². The summed E-state index contributed by atoms with van der Waals surface area (Å²) >= 11 is 0. The summed E-state index contributed by atoms with van der Waals surface area (Å²) in [6.07, 6.45) is 0. The first-order valence-corrected chi connectivity index (χ1v) is 9.34. The standard InChI is InChI=1S/C25H16N2O/c1-3-9-17(10-4-1)25-26-23-21(27(25)18-11-5-2-6-12-18)16-15-20-19-13-7-8-14-22(19)28-24(20)23/h1-16H. The van der Waals surface area contributed by atoms with Crippen LogP contribution in [0.15, 0.2) is 101 Å². The molecular formula is C25H16N2O. The Hall–Kier alpha value is -3.85. The van der Waals surface area contributed by atoms with E-state index in [1.54, 1.807) is 0 Å². The summed E-state index contributed by atoms with van der Waals surface area (Å²) in [6.45, 7) is 0. The van der Waals surface area contributed by atoms with Gasteiger partial charge < -0.3 is 4.42 Å². The summed E-state index contributed by atoms with van der Waals surface area (Å²) in [5.74, 6) is 0.912. The molecule has 0 N–H and O–H groups in total. The average Bonchev–Trinajstić information content (AvgIpc) is 3.33. The number of aromatic nitrogens is 2. The van der Waals surface area contributed by atoms with Crippen LogP contribution in [-0.4, -0.2) is 9.55 Å². The third-order valence-electron chi connectivity index (χ3n) is 5.22. The first-order chi connectivity index (χ1) is 13.9. The molecule has 4 aromatic carbocycles. The van der Waals surface area contributed by atoms with Crippen molar-refractivity contribution in [2.45, 2.75) is 0 Å². The van der Waals surface area contributed by atoms with E-state index >= 15 is 0 Å². The van der Waals surface area contributed by atoms with Crippen LogP contribution in [0.5, 0.6) is 0 Å². The van der Waals surface area contributed by atoms with E-state index in [-0.39, 0.29) is 0 Å². The summed E-state index contributed by atoms with van der Waals surface area (Å²) in [5.41, 5.74) is 5.81. The molecule has 2 heterocycles. The molecular weight excluding hydrogens is 344 g/mol. The smallest absolute Gasteiger partial charge is 0.163 e. The van der Waals surface area contributed by atoms with Crippen molar-refractivity contribution in [3.63, 3.8) is 0 Å². The average molecular weight is 360 g/mol. The number of rotatable bonds is 2. The van der Waals surface area contributed by atoms with E-state index in [0.717, 1.165) is 50.0 Å². The lowest BCUT2D eigenvalue weighted by molar-refractivity contribution is 0.672. The van der Waals surface area contributed by atoms with Crippen LogP contribution in [0, 0.1) is 0 Å². The molecule has 0 atom stereocenters. The fourth-order valence-electron chi connectivity index (χ4n) is 3.94. The van der Waals surface area contributed by atoms with Gasteiger partial charge in [0.15, 0.2) is 5.58 Å². The largest absolute Gasteiger partial charge is 0.454 e. The number of para-hydroxylation sites is 2. The van der Waals surface area contributed by atoms with Crippen LogP contribution in [0.4, 0.5) is 0 Å². The zero-order chi connectivity index (χ0) is 18.5. The van der Waals surface area contributed by atoms with Crippen LogP contribution in [0.3, 0.4) is 0 Å². The molecule has 6 rings (SSSR count). The van der Waals surface area contributed by atoms with E-state index < -0.39 is 0 Å². The molecule has 2 aromatic heterocycles. The van der Waals surface area contributed by atoms with Gasteiger partial charge in [-0.1, -0.05) is 66.7 Å². The van der Waals surface area contributed by atoms with E-state index in [2.05, 4.69) is 59.2 Å². The first kappa shape index (κ1) is 15.2. The highest BCUT2D eigenvalue weighted by Gasteiger charge is 2.19. The molecule has 28 heavy (non-hydrogen) atoms. The van der Waals surface area contributed by atoms with Crippen LogP contribution >= 0.6 is 0 Å². The summed E-state index contributed by atoms with van der Waals surface area (Å²) in [6, 6.07) is 33.1. The van der Waals surface area contributed by atoms with Crippen LogP contribution in [0.2, 0.25) is 0 Å². The van der Waals surface area contributed by atoms with E-state index in [1.165, 1.54) is 0 Å². The third-order valence-corrected chi connectivity index (χ3v) is 5.22. The topological polar surface area (TPSA) is 31.0 Å². The van der Waals surface area contributed by atoms with Gasteiger partial charge in [-0.3, -0.25) is 4.57 Å². The molecule has 0 aliphatic carbocycles. The number of furan rings is 1. The van der Waals surface area contributed by atoms with Crippen molar-refractivity contribution in [3.05, 3.63) is 97.1 Å². The Bertz CT molecular complexity index is 1440. The molecule has 0 spiro atoms. The van der Waals surface area contributed by atoms with Crippen LogP contribution < -0.4 is 0 Å². The lowest BCUT2D eigenvalue weighted by Gasteiger charge is -2.09. The lowest BCUT2D eigenvalue weighted by atomic mass is 10.1. The quantitative estimate of drug-likeness (QED) is 0.349. The fraction of sp³-hybridized carbons (Fsp3) is 0. The van der Waals surface area contributed by atoms with Crippen molar-refractivity contribution >= 4 is 33.0 Å². The number of hydrogen-bond donors (Lipinski definition) is 0. The maximum absolute atomic E-state index is 6.23. The fourth-order valence-corrected chi connectivity index (χ4v) is 3.94. The van der Waals surface area contributed by atoms with Gasteiger partial charge in [-0.2, -0.15) is 0 Å². The number of nitrogens with zero attached hydrogens (tertiary/aromatic N) is 2.